The van der Waals surface area contributed by atoms with Crippen molar-refractivity contribution >= 4 is 23.3 Å². The summed E-state index contributed by atoms with van der Waals surface area (Å²) in [5.41, 5.74) is 11.0. The Morgan fingerprint density at radius 1 is 0.484 bits per heavy atom. The molecule has 7 aromatic carbocycles. The number of nitrogens with one attached hydrogen (secondary N) is 2. The fourth-order valence-corrected chi connectivity index (χ4v) is 9.83. The normalized spacial score (nSPS) is 21.4. The van der Waals surface area contributed by atoms with Gasteiger partial charge in [0, 0.05) is 33.7 Å². The van der Waals surface area contributed by atoms with Crippen LogP contribution in [0.4, 0.5) is 0 Å². The third-order valence-corrected chi connectivity index (χ3v) is 12.6. The Balaban J connectivity index is 1.07. The van der Waals surface area contributed by atoms with Crippen LogP contribution in [0.2, 0.25) is 0 Å². The monoisotopic (exact) mass is 800 g/mol. The molecule has 3 aliphatic heterocycles. The summed E-state index contributed by atoms with van der Waals surface area (Å²) in [6.45, 7) is 0. The van der Waals surface area contributed by atoms with Crippen LogP contribution in [0.5, 0.6) is 11.5 Å². The van der Waals surface area contributed by atoms with Gasteiger partial charge in [-0.15, -0.1) is 0 Å². The Kier molecular flexibility index (Phi) is 8.52. The Hall–Kier alpha value is -7.90. The summed E-state index contributed by atoms with van der Waals surface area (Å²) in [6, 6.07) is 61.4. The zero-order valence-corrected chi connectivity index (χ0v) is 33.7. The summed E-state index contributed by atoms with van der Waals surface area (Å²) < 4.78 is 7.13. The van der Waals surface area contributed by atoms with E-state index in [2.05, 4.69) is 168 Å². The van der Waals surface area contributed by atoms with Gasteiger partial charge in [-0.1, -0.05) is 188 Å². The number of hydrogen-bond acceptors (Lipinski definition) is 7. The average Bonchev–Trinajstić information content (AvgIpc) is 3.65. The lowest BCUT2D eigenvalue weighted by Gasteiger charge is -2.40. The highest BCUT2D eigenvalue weighted by molar-refractivity contribution is 6.17. The van der Waals surface area contributed by atoms with Gasteiger partial charge in [-0.2, -0.15) is 0 Å². The second-order valence-electron chi connectivity index (χ2n) is 16.1. The number of aliphatic imine (C=N–C) groups is 4. The molecule has 12 rings (SSSR count). The SMILES string of the molecule is C1=CCC(C2=NC(c3cccc4c3-c3ccccc3C43c4ccccc4Oc4c(C5=NC(c6ccccc6)N=C(c6ccccc6)N5)cccc43)N=C(c3ccccc3)N2)C=C1. The van der Waals surface area contributed by atoms with Crippen molar-refractivity contribution in [3.05, 3.63) is 250 Å². The van der Waals surface area contributed by atoms with Crippen molar-refractivity contribution in [2.45, 2.75) is 24.2 Å². The molecule has 4 unspecified atom stereocenters. The number of amidine groups is 4. The lowest BCUT2D eigenvalue weighted by Crippen LogP contribution is -2.39. The first-order chi connectivity index (χ1) is 30.7. The molecule has 7 aromatic rings. The summed E-state index contributed by atoms with van der Waals surface area (Å²) in [7, 11) is 0. The van der Waals surface area contributed by atoms with Gasteiger partial charge in [0.1, 0.15) is 34.8 Å². The molecule has 3 heterocycles. The van der Waals surface area contributed by atoms with E-state index >= 15 is 0 Å². The topological polar surface area (TPSA) is 82.7 Å². The van der Waals surface area contributed by atoms with Gasteiger partial charge in [0.2, 0.25) is 0 Å². The van der Waals surface area contributed by atoms with E-state index in [0.717, 1.165) is 85.5 Å². The van der Waals surface area contributed by atoms with E-state index in [4.69, 9.17) is 24.7 Å². The van der Waals surface area contributed by atoms with Crippen molar-refractivity contribution in [2.24, 2.45) is 25.9 Å². The molecule has 62 heavy (non-hydrogen) atoms. The zero-order chi connectivity index (χ0) is 41.0. The first-order valence-corrected chi connectivity index (χ1v) is 21.2. The number of fused-ring (bicyclic) bond motifs is 9. The van der Waals surface area contributed by atoms with Crippen LogP contribution in [0.15, 0.2) is 220 Å². The van der Waals surface area contributed by atoms with Gasteiger partial charge in [-0.25, -0.2) is 20.0 Å². The van der Waals surface area contributed by atoms with Crippen molar-refractivity contribution in [1.29, 1.82) is 0 Å². The van der Waals surface area contributed by atoms with Gasteiger partial charge in [0.05, 0.1) is 11.0 Å². The maximum absolute atomic E-state index is 7.13. The molecular weight excluding hydrogens is 761 g/mol. The Bertz CT molecular complexity index is 3090. The van der Waals surface area contributed by atoms with Gasteiger partial charge in [-0.3, -0.25) is 0 Å². The van der Waals surface area contributed by atoms with Crippen LogP contribution >= 0.6 is 0 Å². The maximum Gasteiger partial charge on any atom is 0.170 e. The molecule has 0 bridgehead atoms. The summed E-state index contributed by atoms with van der Waals surface area (Å²) in [5, 5.41) is 7.30. The van der Waals surface area contributed by atoms with Crippen LogP contribution in [0.25, 0.3) is 11.1 Å². The molecule has 5 aliphatic rings. The molecule has 1 spiro atoms. The van der Waals surface area contributed by atoms with Crippen molar-refractivity contribution in [1.82, 2.24) is 10.6 Å². The van der Waals surface area contributed by atoms with Crippen molar-refractivity contribution in [3.63, 3.8) is 0 Å². The second-order valence-corrected chi connectivity index (χ2v) is 16.1. The first kappa shape index (κ1) is 36.0. The number of benzene rings is 7. The van der Waals surface area contributed by atoms with Crippen molar-refractivity contribution < 1.29 is 4.74 Å². The van der Waals surface area contributed by atoms with Crippen LogP contribution in [0, 0.1) is 5.92 Å². The molecular formula is C55H40N6O. The smallest absolute Gasteiger partial charge is 0.170 e. The Morgan fingerprint density at radius 2 is 1.10 bits per heavy atom. The minimum atomic E-state index is -0.727. The van der Waals surface area contributed by atoms with Crippen LogP contribution in [0.1, 0.15) is 68.8 Å². The summed E-state index contributed by atoms with van der Waals surface area (Å²) in [6.07, 6.45) is 8.59. The van der Waals surface area contributed by atoms with E-state index in [0.29, 0.717) is 5.84 Å². The fraction of sp³-hybridized carbons (Fsp3) is 0.0909. The minimum Gasteiger partial charge on any atom is -0.456 e. The highest BCUT2D eigenvalue weighted by Crippen LogP contribution is 2.63. The van der Waals surface area contributed by atoms with Crippen molar-refractivity contribution in [2.75, 3.05) is 0 Å². The van der Waals surface area contributed by atoms with E-state index in [1.165, 1.54) is 11.1 Å². The van der Waals surface area contributed by atoms with E-state index in [-0.39, 0.29) is 5.92 Å². The van der Waals surface area contributed by atoms with Gasteiger partial charge in [-0.05, 0) is 46.4 Å². The number of para-hydroxylation sites is 2. The van der Waals surface area contributed by atoms with Gasteiger partial charge in [0.15, 0.2) is 12.3 Å². The Morgan fingerprint density at radius 3 is 1.87 bits per heavy atom. The van der Waals surface area contributed by atoms with Gasteiger partial charge in [0.25, 0.3) is 0 Å². The number of rotatable bonds is 6. The number of ether oxygens (including phenoxy) is 1. The predicted molar refractivity (Wildman–Crippen MR) is 248 cm³/mol. The number of allylic oxidation sites excluding steroid dienone is 3. The molecule has 0 amide bonds. The molecule has 7 heteroatoms. The molecule has 2 aliphatic carbocycles. The van der Waals surface area contributed by atoms with Gasteiger partial charge < -0.3 is 15.4 Å². The standard InChI is InChI=1S/C55H40N6O/c1-5-19-35(20-6-1)49-56-50(36-21-7-2-8-22-36)59-53(58-49)40-28-17-32-44-47(40)39-27-13-14-30-42(39)55(44)43-31-15-16-34-46(43)62-48-41(29-18-33-45(48)55)54-60-51(37-23-9-3-10-24-37)57-52(61-54)38-25-11-4-12-26-38/h1-21,23-34,36,51,53H,22H2,(H,56,58,59)(H,57,60,61). The first-order valence-electron chi connectivity index (χ1n) is 21.2. The molecule has 296 valence electrons. The van der Waals surface area contributed by atoms with E-state index in [1.54, 1.807) is 0 Å². The van der Waals surface area contributed by atoms with Crippen LogP contribution < -0.4 is 15.4 Å². The third kappa shape index (κ3) is 5.73. The molecule has 0 fully saturated rings. The fourth-order valence-electron chi connectivity index (χ4n) is 9.83. The van der Waals surface area contributed by atoms with Crippen LogP contribution in [0.3, 0.4) is 0 Å². The zero-order valence-electron chi connectivity index (χ0n) is 33.7. The van der Waals surface area contributed by atoms with E-state index in [1.807, 2.05) is 42.5 Å². The number of hydrogen-bond donors (Lipinski definition) is 2. The Labute approximate surface area is 360 Å². The van der Waals surface area contributed by atoms with E-state index in [9.17, 15) is 0 Å². The highest BCUT2D eigenvalue weighted by Gasteiger charge is 2.52. The van der Waals surface area contributed by atoms with Crippen LogP contribution in [-0.2, 0) is 5.41 Å². The molecule has 0 radical (unpaired) electrons. The second kappa shape index (κ2) is 14.7. The molecule has 0 saturated carbocycles. The molecule has 0 aromatic heterocycles. The summed E-state index contributed by atoms with van der Waals surface area (Å²) in [5.74, 6) is 4.87. The maximum atomic E-state index is 7.13. The van der Waals surface area contributed by atoms with Gasteiger partial charge >= 0.3 is 0 Å². The van der Waals surface area contributed by atoms with Crippen LogP contribution in [-0.4, -0.2) is 23.3 Å². The lowest BCUT2D eigenvalue weighted by molar-refractivity contribution is 0.435. The molecule has 2 N–H and O–H groups in total. The molecule has 7 nitrogen and oxygen atoms in total. The summed E-state index contributed by atoms with van der Waals surface area (Å²) >= 11 is 0. The lowest BCUT2D eigenvalue weighted by atomic mass is 9.65. The quantitative estimate of drug-likeness (QED) is 0.176. The molecule has 0 saturated heterocycles. The largest absolute Gasteiger partial charge is 0.456 e. The summed E-state index contributed by atoms with van der Waals surface area (Å²) in [4.78, 5) is 21.3. The molecule has 4 atom stereocenters. The highest BCUT2D eigenvalue weighted by atomic mass is 16.5. The minimum absolute atomic E-state index is 0.116. The van der Waals surface area contributed by atoms with E-state index < -0.39 is 17.7 Å². The van der Waals surface area contributed by atoms with Crippen molar-refractivity contribution in [3.8, 4) is 22.6 Å². The average molecular weight is 801 g/mol. The predicted octanol–water partition coefficient (Wildman–Crippen LogP) is 11.2. The third-order valence-electron chi connectivity index (χ3n) is 12.6. The number of nitrogens with zero attached hydrogens (tertiary/aromatic N) is 4.